The number of Topliss-reactive ketones (excluding diaryl/α,β-unsaturated/α-hetero) is 1. The van der Waals surface area contributed by atoms with Gasteiger partial charge in [-0.1, -0.05) is 29.3 Å². The number of hydrogen-bond donors (Lipinski definition) is 0. The van der Waals surface area contributed by atoms with Crippen LogP contribution in [0.15, 0.2) is 36.4 Å². The predicted molar refractivity (Wildman–Crippen MR) is 79.2 cm³/mol. The lowest BCUT2D eigenvalue weighted by molar-refractivity contribution is 0.0921. The topological polar surface area (TPSA) is 35.5 Å². The molecule has 6 heteroatoms. The quantitative estimate of drug-likeness (QED) is 0.763. The maximum atomic E-state index is 13.5. The molecule has 0 heterocycles. The van der Waals surface area contributed by atoms with Gasteiger partial charge in [-0.2, -0.15) is 0 Å². The van der Waals surface area contributed by atoms with E-state index in [-0.39, 0.29) is 23.7 Å². The standard InChI is InChI=1S/C15H11Cl2FO3/c1-20-14-6-5-9(7-12(14)18)13(19)8-21-15-10(16)3-2-4-11(15)17/h2-7H,8H2,1H3. The highest BCUT2D eigenvalue weighted by atomic mass is 35.5. The SMILES string of the molecule is COc1ccc(C(=O)COc2c(Cl)cccc2Cl)cc1F. The number of ketones is 1. The zero-order valence-electron chi connectivity index (χ0n) is 11.0. The Kier molecular flexibility index (Phi) is 5.04. The molecule has 0 aliphatic carbocycles. The van der Waals surface area contributed by atoms with Crippen LogP contribution in [0.3, 0.4) is 0 Å². The average molecular weight is 329 g/mol. The van der Waals surface area contributed by atoms with Gasteiger partial charge in [0.25, 0.3) is 0 Å². The number of para-hydroxylation sites is 1. The Hall–Kier alpha value is -1.78. The predicted octanol–water partition coefficient (Wildman–Crippen LogP) is 4.40. The van der Waals surface area contributed by atoms with Gasteiger partial charge in [0.15, 0.2) is 29.7 Å². The van der Waals surface area contributed by atoms with Crippen LogP contribution in [0.1, 0.15) is 10.4 Å². The summed E-state index contributed by atoms with van der Waals surface area (Å²) in [6.45, 7) is -0.296. The van der Waals surface area contributed by atoms with E-state index in [9.17, 15) is 9.18 Å². The molecule has 0 spiro atoms. The lowest BCUT2D eigenvalue weighted by atomic mass is 10.1. The molecule has 110 valence electrons. The molecule has 2 aromatic rings. The summed E-state index contributed by atoms with van der Waals surface area (Å²) in [7, 11) is 1.35. The molecule has 0 fully saturated rings. The molecular weight excluding hydrogens is 318 g/mol. The van der Waals surface area contributed by atoms with Crippen molar-refractivity contribution in [2.75, 3.05) is 13.7 Å². The highest BCUT2D eigenvalue weighted by Crippen LogP contribution is 2.32. The first-order valence-corrected chi connectivity index (χ1v) is 6.72. The third-order valence-corrected chi connectivity index (χ3v) is 3.34. The van der Waals surface area contributed by atoms with Gasteiger partial charge in [0, 0.05) is 5.56 Å². The first kappa shape index (κ1) is 15.6. The van der Waals surface area contributed by atoms with Gasteiger partial charge >= 0.3 is 0 Å². The maximum Gasteiger partial charge on any atom is 0.200 e. The number of carbonyl (C=O) groups excluding carboxylic acids is 1. The van der Waals surface area contributed by atoms with Crippen LogP contribution in [0.2, 0.25) is 10.0 Å². The fourth-order valence-corrected chi connectivity index (χ4v) is 2.19. The van der Waals surface area contributed by atoms with Crippen molar-refractivity contribution in [1.82, 2.24) is 0 Å². The summed E-state index contributed by atoms with van der Waals surface area (Å²) >= 11 is 11.9. The zero-order chi connectivity index (χ0) is 15.4. The Bertz CT molecular complexity index is 654. The Morgan fingerprint density at radius 1 is 1.19 bits per heavy atom. The minimum atomic E-state index is -0.612. The lowest BCUT2D eigenvalue weighted by Gasteiger charge is -2.09. The number of hydrogen-bond acceptors (Lipinski definition) is 3. The van der Waals surface area contributed by atoms with Crippen LogP contribution >= 0.6 is 23.2 Å². The van der Waals surface area contributed by atoms with Gasteiger partial charge in [-0.25, -0.2) is 4.39 Å². The Balaban J connectivity index is 2.10. The molecule has 0 amide bonds. The minimum absolute atomic E-state index is 0.0709. The minimum Gasteiger partial charge on any atom is -0.494 e. The van der Waals surface area contributed by atoms with E-state index in [1.54, 1.807) is 18.2 Å². The Labute approximate surface area is 131 Å². The van der Waals surface area contributed by atoms with E-state index in [4.69, 9.17) is 32.7 Å². The number of carbonyl (C=O) groups is 1. The van der Waals surface area contributed by atoms with Crippen LogP contribution in [0.4, 0.5) is 4.39 Å². The zero-order valence-corrected chi connectivity index (χ0v) is 12.5. The van der Waals surface area contributed by atoms with Gasteiger partial charge in [0.2, 0.25) is 0 Å². The third-order valence-electron chi connectivity index (χ3n) is 2.74. The van der Waals surface area contributed by atoms with Crippen LogP contribution in [0, 0.1) is 5.82 Å². The van der Waals surface area contributed by atoms with Gasteiger partial charge in [-0.3, -0.25) is 4.79 Å². The fourth-order valence-electron chi connectivity index (χ4n) is 1.68. The summed E-state index contributed by atoms with van der Waals surface area (Å²) in [5.41, 5.74) is 0.177. The molecule has 0 aliphatic rings. The largest absolute Gasteiger partial charge is 0.494 e. The van der Waals surface area contributed by atoms with Crippen LogP contribution in [-0.2, 0) is 0 Å². The molecule has 0 aliphatic heterocycles. The second kappa shape index (κ2) is 6.78. The second-order valence-electron chi connectivity index (χ2n) is 4.11. The molecule has 0 saturated heterocycles. The molecule has 21 heavy (non-hydrogen) atoms. The van der Waals surface area contributed by atoms with Crippen molar-refractivity contribution >= 4 is 29.0 Å². The van der Waals surface area contributed by atoms with Crippen molar-refractivity contribution in [2.45, 2.75) is 0 Å². The van der Waals surface area contributed by atoms with Crippen LogP contribution in [0.25, 0.3) is 0 Å². The highest BCUT2D eigenvalue weighted by Gasteiger charge is 2.13. The molecule has 0 radical (unpaired) electrons. The highest BCUT2D eigenvalue weighted by molar-refractivity contribution is 6.37. The monoisotopic (exact) mass is 328 g/mol. The summed E-state index contributed by atoms with van der Waals surface area (Å²) in [6, 6.07) is 8.80. The fraction of sp³-hybridized carbons (Fsp3) is 0.133. The van der Waals surface area contributed by atoms with Crippen molar-refractivity contribution in [3.63, 3.8) is 0 Å². The summed E-state index contributed by atoms with van der Waals surface area (Å²) in [4.78, 5) is 12.0. The summed E-state index contributed by atoms with van der Waals surface area (Å²) in [5.74, 6) is -0.712. The molecular formula is C15H11Cl2FO3. The first-order chi connectivity index (χ1) is 10.0. The van der Waals surface area contributed by atoms with Crippen molar-refractivity contribution in [3.05, 3.63) is 57.8 Å². The second-order valence-corrected chi connectivity index (χ2v) is 4.93. The van der Waals surface area contributed by atoms with Gasteiger partial charge in [-0.15, -0.1) is 0 Å². The molecule has 0 bridgehead atoms. The van der Waals surface area contributed by atoms with E-state index in [2.05, 4.69) is 0 Å². The molecule has 2 aromatic carbocycles. The maximum absolute atomic E-state index is 13.5. The molecule has 2 rings (SSSR count). The molecule has 0 saturated carbocycles. The van der Waals surface area contributed by atoms with Gasteiger partial charge < -0.3 is 9.47 Å². The summed E-state index contributed by atoms with van der Waals surface area (Å²) in [6.07, 6.45) is 0. The van der Waals surface area contributed by atoms with Crippen molar-refractivity contribution in [2.24, 2.45) is 0 Å². The average Bonchev–Trinajstić information content (AvgIpc) is 2.46. The van der Waals surface area contributed by atoms with Crippen molar-refractivity contribution in [1.29, 1.82) is 0 Å². The normalized spacial score (nSPS) is 10.3. The molecule has 0 atom stereocenters. The van der Waals surface area contributed by atoms with Gasteiger partial charge in [0.05, 0.1) is 17.2 Å². The number of methoxy groups -OCH3 is 1. The molecule has 3 nitrogen and oxygen atoms in total. The molecule has 0 aromatic heterocycles. The van der Waals surface area contributed by atoms with E-state index in [1.165, 1.54) is 19.2 Å². The summed E-state index contributed by atoms with van der Waals surface area (Å²) in [5, 5.41) is 0.604. The lowest BCUT2D eigenvalue weighted by Crippen LogP contribution is -2.12. The van der Waals surface area contributed by atoms with E-state index in [0.29, 0.717) is 10.0 Å². The van der Waals surface area contributed by atoms with E-state index in [1.807, 2.05) is 0 Å². The molecule has 0 unspecified atom stereocenters. The van der Waals surface area contributed by atoms with Crippen molar-refractivity contribution < 1.29 is 18.7 Å². The Morgan fingerprint density at radius 2 is 1.86 bits per heavy atom. The molecule has 0 N–H and O–H groups in total. The van der Waals surface area contributed by atoms with Crippen LogP contribution < -0.4 is 9.47 Å². The van der Waals surface area contributed by atoms with Crippen LogP contribution in [-0.4, -0.2) is 19.5 Å². The first-order valence-electron chi connectivity index (χ1n) is 5.96. The number of ether oxygens (including phenoxy) is 2. The number of halogens is 3. The smallest absolute Gasteiger partial charge is 0.200 e. The number of benzene rings is 2. The van der Waals surface area contributed by atoms with Gasteiger partial charge in [-0.05, 0) is 30.3 Å². The van der Waals surface area contributed by atoms with E-state index >= 15 is 0 Å². The number of rotatable bonds is 5. The van der Waals surface area contributed by atoms with E-state index < -0.39 is 11.6 Å². The van der Waals surface area contributed by atoms with E-state index in [0.717, 1.165) is 6.07 Å². The van der Waals surface area contributed by atoms with Crippen molar-refractivity contribution in [3.8, 4) is 11.5 Å². The summed E-state index contributed by atoms with van der Waals surface area (Å²) < 4.78 is 23.6. The third kappa shape index (κ3) is 3.65. The van der Waals surface area contributed by atoms with Gasteiger partial charge in [0.1, 0.15) is 0 Å². The van der Waals surface area contributed by atoms with Crippen LogP contribution in [0.5, 0.6) is 11.5 Å². The Morgan fingerprint density at radius 3 is 2.43 bits per heavy atom.